The molecule has 2 N–H and O–H groups in total. The third-order valence-electron chi connectivity index (χ3n) is 8.15. The van der Waals surface area contributed by atoms with Gasteiger partial charge in [-0.3, -0.25) is 9.59 Å². The molecule has 0 spiro atoms. The lowest BCUT2D eigenvalue weighted by molar-refractivity contribution is -0.161. The molecule has 2 fully saturated rings. The summed E-state index contributed by atoms with van der Waals surface area (Å²) in [5, 5.41) is 16.8. The summed E-state index contributed by atoms with van der Waals surface area (Å²) in [5.74, 6) is -0.0521. The van der Waals surface area contributed by atoms with Crippen LogP contribution in [0.15, 0.2) is 60.7 Å². The molecule has 2 aliphatic rings. The van der Waals surface area contributed by atoms with Crippen molar-refractivity contribution in [1.29, 1.82) is 0 Å². The van der Waals surface area contributed by atoms with E-state index in [2.05, 4.69) is 64.2 Å². The Morgan fingerprint density at radius 2 is 1.54 bits per heavy atom. The number of fused-ring (bicyclic) bond motifs is 2. The largest absolute Gasteiger partial charge is 0.399 e. The Kier molecular flexibility index (Phi) is 9.19. The third kappa shape index (κ3) is 6.46. The minimum absolute atomic E-state index is 0.0932. The zero-order valence-corrected chi connectivity index (χ0v) is 26.9. The maximum Gasteiger partial charge on any atom is 0.261 e. The number of hydrogen-bond donors (Lipinski definition) is 2. The number of hydrogen-bond acceptors (Lipinski definition) is 5. The van der Waals surface area contributed by atoms with Gasteiger partial charge in [-0.05, 0) is 48.5 Å². The molecule has 0 unspecified atom stereocenters. The Hall–Kier alpha value is -2.52. The quantitative estimate of drug-likeness (QED) is 0.466. The van der Waals surface area contributed by atoms with E-state index in [1.807, 2.05) is 57.2 Å². The first-order valence-electron chi connectivity index (χ1n) is 14.9. The molecule has 2 heterocycles. The summed E-state index contributed by atoms with van der Waals surface area (Å²) in [6.07, 6.45) is -2.17. The molecule has 2 saturated heterocycles. The Labute approximate surface area is 246 Å². The van der Waals surface area contributed by atoms with Crippen molar-refractivity contribution in [3.8, 4) is 0 Å². The van der Waals surface area contributed by atoms with Crippen LogP contribution in [0.3, 0.4) is 0 Å². The number of nitrogens with zero attached hydrogens (tertiary/aromatic N) is 1. The van der Waals surface area contributed by atoms with Crippen LogP contribution in [0.1, 0.15) is 68.2 Å². The van der Waals surface area contributed by atoms with Crippen molar-refractivity contribution in [2.75, 3.05) is 6.54 Å². The van der Waals surface area contributed by atoms with Crippen LogP contribution in [-0.2, 0) is 18.8 Å². The number of carbonyl (C=O) groups excluding carboxylic acids is 2. The lowest BCUT2D eigenvalue weighted by Gasteiger charge is -2.45. The van der Waals surface area contributed by atoms with Gasteiger partial charge in [0.1, 0.15) is 30.5 Å². The lowest BCUT2D eigenvalue weighted by Crippen LogP contribution is -2.69. The molecule has 0 aliphatic carbocycles. The molecule has 224 valence electrons. The molecule has 0 saturated carbocycles. The molecule has 41 heavy (non-hydrogen) atoms. The average Bonchev–Trinajstić information content (AvgIpc) is 3.13. The molecule has 5 atom stereocenters. The molecule has 8 heteroatoms. The maximum absolute atomic E-state index is 13.7. The van der Waals surface area contributed by atoms with Crippen molar-refractivity contribution >= 4 is 30.5 Å². The number of benzene rings is 2. The monoisotopic (exact) mass is 580 g/mol. The summed E-state index contributed by atoms with van der Waals surface area (Å²) < 4.78 is 13.7. The highest BCUT2D eigenvalue weighted by Crippen LogP contribution is 2.42. The topological polar surface area (TPSA) is 88.1 Å². The van der Waals surface area contributed by atoms with E-state index in [-0.39, 0.29) is 23.4 Å². The van der Waals surface area contributed by atoms with Crippen molar-refractivity contribution < 1.29 is 23.9 Å². The summed E-state index contributed by atoms with van der Waals surface area (Å²) in [5.41, 5.74) is -0.505. The molecular formula is C33H48N2O5Si. The van der Waals surface area contributed by atoms with Gasteiger partial charge in [-0.25, -0.2) is 0 Å². The number of aliphatic hydroxyl groups excluding tert-OH is 1. The van der Waals surface area contributed by atoms with Gasteiger partial charge in [0.2, 0.25) is 11.8 Å². The smallest absolute Gasteiger partial charge is 0.261 e. The van der Waals surface area contributed by atoms with Crippen LogP contribution in [0.2, 0.25) is 5.04 Å². The van der Waals surface area contributed by atoms with E-state index in [9.17, 15) is 14.7 Å². The van der Waals surface area contributed by atoms with Crippen molar-refractivity contribution in [3.05, 3.63) is 60.7 Å². The summed E-state index contributed by atoms with van der Waals surface area (Å²) in [4.78, 5) is 28.9. The Balaban J connectivity index is 1.77. The highest BCUT2D eigenvalue weighted by atomic mass is 28.4. The molecule has 4 rings (SSSR count). The maximum atomic E-state index is 13.7. The zero-order chi connectivity index (χ0) is 30.2. The first-order valence-corrected chi connectivity index (χ1v) is 16.8. The number of carbonyl (C=O) groups is 2. The van der Waals surface area contributed by atoms with Crippen LogP contribution in [0, 0.1) is 5.92 Å². The second-order valence-electron chi connectivity index (χ2n) is 14.0. The van der Waals surface area contributed by atoms with Crippen molar-refractivity contribution in [1.82, 2.24) is 10.2 Å². The predicted molar refractivity (Wildman–Crippen MR) is 165 cm³/mol. The van der Waals surface area contributed by atoms with Gasteiger partial charge in [0, 0.05) is 12.0 Å². The van der Waals surface area contributed by atoms with Gasteiger partial charge in [0.25, 0.3) is 8.32 Å². The van der Waals surface area contributed by atoms with E-state index >= 15 is 0 Å². The second-order valence-corrected chi connectivity index (χ2v) is 18.3. The summed E-state index contributed by atoms with van der Waals surface area (Å²) >= 11 is 0. The van der Waals surface area contributed by atoms with Crippen LogP contribution in [0.25, 0.3) is 0 Å². The van der Waals surface area contributed by atoms with Crippen LogP contribution in [0.4, 0.5) is 0 Å². The van der Waals surface area contributed by atoms with Gasteiger partial charge in [-0.2, -0.15) is 0 Å². The first kappa shape index (κ1) is 31.4. The van der Waals surface area contributed by atoms with Crippen molar-refractivity contribution in [2.24, 2.45) is 5.92 Å². The minimum atomic E-state index is -3.03. The molecule has 2 aromatic carbocycles. The standard InChI is InChI=1S/C33H48N2O5Si/c1-22(2)19-20-26(36)35-21-25-29(28(37)30(39-25)27(35)31(38)34-32(3,4)5)40-41(33(6,7)8,23-15-11-9-12-16-23)24-17-13-10-14-18-24/h9-18,22,25,27-30,37H,19-21H2,1-8H3,(H,34,38)/t25-,27+,28+,29-,30+/m1/s1. The predicted octanol–water partition coefficient (Wildman–Crippen LogP) is 3.62. The fraction of sp³-hybridized carbons (Fsp3) is 0.576. The molecular weight excluding hydrogens is 532 g/mol. The summed E-state index contributed by atoms with van der Waals surface area (Å²) in [7, 11) is -3.03. The van der Waals surface area contributed by atoms with Crippen molar-refractivity contribution in [3.63, 3.8) is 0 Å². The summed E-state index contributed by atoms with van der Waals surface area (Å²) in [6.45, 7) is 16.6. The van der Waals surface area contributed by atoms with Gasteiger partial charge in [-0.1, -0.05) is 95.3 Å². The molecule has 0 aromatic heterocycles. The Morgan fingerprint density at radius 3 is 2.00 bits per heavy atom. The fourth-order valence-corrected chi connectivity index (χ4v) is 11.0. The molecule has 2 amide bonds. The van der Waals surface area contributed by atoms with Gasteiger partial charge < -0.3 is 24.5 Å². The van der Waals surface area contributed by atoms with Crippen LogP contribution in [0.5, 0.6) is 0 Å². The normalized spacial score (nSPS) is 24.9. The van der Waals surface area contributed by atoms with Crippen LogP contribution in [-0.4, -0.2) is 72.7 Å². The molecule has 2 aliphatic heterocycles. The van der Waals surface area contributed by atoms with E-state index in [4.69, 9.17) is 9.16 Å². The zero-order valence-electron chi connectivity index (χ0n) is 25.9. The van der Waals surface area contributed by atoms with Gasteiger partial charge in [0.15, 0.2) is 0 Å². The number of aliphatic hydroxyl groups is 1. The Bertz CT molecular complexity index is 1150. The molecule has 7 nitrogen and oxygen atoms in total. The molecule has 2 aromatic rings. The van der Waals surface area contributed by atoms with E-state index in [1.54, 1.807) is 4.90 Å². The third-order valence-corrected chi connectivity index (χ3v) is 13.2. The number of likely N-dealkylation sites (tertiary alicyclic amines) is 1. The number of nitrogens with one attached hydrogen (secondary N) is 1. The van der Waals surface area contributed by atoms with Gasteiger partial charge in [0.05, 0.1) is 6.54 Å². The van der Waals surface area contributed by atoms with E-state index in [1.165, 1.54) is 0 Å². The summed E-state index contributed by atoms with van der Waals surface area (Å²) in [6, 6.07) is 19.6. The highest BCUT2D eigenvalue weighted by molar-refractivity contribution is 6.99. The fourth-order valence-electron chi connectivity index (χ4n) is 6.25. The average molecular weight is 581 g/mol. The lowest BCUT2D eigenvalue weighted by atomic mass is 10.00. The van der Waals surface area contributed by atoms with Gasteiger partial charge in [-0.15, -0.1) is 0 Å². The van der Waals surface area contributed by atoms with Crippen LogP contribution < -0.4 is 15.7 Å². The van der Waals surface area contributed by atoms with Crippen molar-refractivity contribution in [2.45, 2.75) is 109 Å². The van der Waals surface area contributed by atoms with Gasteiger partial charge >= 0.3 is 0 Å². The molecule has 2 bridgehead atoms. The SMILES string of the molecule is CC(C)CCC(=O)N1C[C@H]2O[C@H]([C@@H](O)[C@@H]2O[Si](c2ccccc2)(c2ccccc2)C(C)(C)C)[C@H]1C(=O)NC(C)(C)C. The van der Waals surface area contributed by atoms with E-state index < -0.39 is 44.3 Å². The Morgan fingerprint density at radius 1 is 1.00 bits per heavy atom. The van der Waals surface area contributed by atoms with Crippen LogP contribution >= 0.6 is 0 Å². The number of rotatable bonds is 8. The number of ether oxygens (including phenoxy) is 1. The number of morpholine rings is 1. The minimum Gasteiger partial charge on any atom is -0.399 e. The van der Waals surface area contributed by atoms with E-state index in [0.29, 0.717) is 12.3 Å². The molecule has 0 radical (unpaired) electrons. The van der Waals surface area contributed by atoms with E-state index in [0.717, 1.165) is 16.8 Å². The second kappa shape index (κ2) is 12.0. The first-order chi connectivity index (χ1) is 19.2. The highest BCUT2D eigenvalue weighted by Gasteiger charge is 2.61. The number of amides is 2.